The van der Waals surface area contributed by atoms with Gasteiger partial charge in [0.15, 0.2) is 5.96 Å². The number of hydrogen-bond donors (Lipinski definition) is 2. The number of hydrogen-bond acceptors (Lipinski definition) is 2. The maximum atomic E-state index is 4.34. The van der Waals surface area contributed by atoms with Gasteiger partial charge in [-0.2, -0.15) is 0 Å². The van der Waals surface area contributed by atoms with E-state index in [2.05, 4.69) is 33.5 Å². The molecular weight excluding hydrogens is 399 g/mol. The van der Waals surface area contributed by atoms with E-state index >= 15 is 0 Å². The topological polar surface area (TPSA) is 39.7 Å². The molecule has 0 aromatic rings. The Morgan fingerprint density at radius 3 is 2.65 bits per heavy atom. The number of rotatable bonds is 7. The lowest BCUT2D eigenvalue weighted by molar-refractivity contribution is 0.287. The first-order valence-corrected chi connectivity index (χ1v) is 9.12. The lowest BCUT2D eigenvalue weighted by atomic mass is 9.97. The predicted octanol–water partition coefficient (Wildman–Crippen LogP) is 3.39. The summed E-state index contributed by atoms with van der Waals surface area (Å²) >= 11 is 0. The summed E-state index contributed by atoms with van der Waals surface area (Å²) in [6, 6.07) is 0. The number of likely N-dealkylation sites (tertiary alicyclic amines) is 1. The molecule has 1 fully saturated rings. The molecule has 0 aromatic heterocycles. The van der Waals surface area contributed by atoms with E-state index in [4.69, 9.17) is 0 Å². The second-order valence-electron chi connectivity index (χ2n) is 6.85. The van der Waals surface area contributed by atoms with Crippen molar-refractivity contribution in [2.75, 3.05) is 39.8 Å². The van der Waals surface area contributed by atoms with E-state index in [0.29, 0.717) is 5.92 Å². The summed E-state index contributed by atoms with van der Waals surface area (Å²) in [4.78, 5) is 6.92. The number of aliphatic imine (C=N–C) groups is 1. The summed E-state index contributed by atoms with van der Waals surface area (Å²) < 4.78 is 0. The number of halogens is 1. The third kappa shape index (κ3) is 8.38. The maximum absolute atomic E-state index is 4.34. The molecule has 5 heteroatoms. The van der Waals surface area contributed by atoms with Crippen molar-refractivity contribution in [3.63, 3.8) is 0 Å². The largest absolute Gasteiger partial charge is 0.356 e. The minimum absolute atomic E-state index is 0. The van der Waals surface area contributed by atoms with Gasteiger partial charge in [0.25, 0.3) is 0 Å². The van der Waals surface area contributed by atoms with Gasteiger partial charge in [0.05, 0.1) is 0 Å². The molecule has 0 amide bonds. The first kappa shape index (κ1) is 20.7. The second-order valence-corrected chi connectivity index (χ2v) is 6.85. The molecule has 23 heavy (non-hydrogen) atoms. The van der Waals surface area contributed by atoms with Crippen molar-refractivity contribution >= 4 is 29.9 Å². The Hall–Kier alpha value is -0.300. The van der Waals surface area contributed by atoms with Crippen molar-refractivity contribution in [2.45, 2.75) is 51.9 Å². The van der Waals surface area contributed by atoms with Gasteiger partial charge >= 0.3 is 0 Å². The molecule has 1 heterocycles. The zero-order chi connectivity index (χ0) is 15.6. The number of nitrogens with one attached hydrogen (secondary N) is 2. The van der Waals surface area contributed by atoms with Crippen LogP contribution in [0, 0.1) is 5.92 Å². The van der Waals surface area contributed by atoms with Crippen LogP contribution in [0.4, 0.5) is 0 Å². The molecule has 0 saturated carbocycles. The monoisotopic (exact) mass is 434 g/mol. The quantitative estimate of drug-likeness (QED) is 0.279. The smallest absolute Gasteiger partial charge is 0.190 e. The zero-order valence-electron chi connectivity index (χ0n) is 14.9. The highest BCUT2D eigenvalue weighted by atomic mass is 127. The fourth-order valence-corrected chi connectivity index (χ4v) is 3.44. The molecule has 1 atom stereocenters. The Balaban J connectivity index is 0.00000264. The van der Waals surface area contributed by atoms with Gasteiger partial charge in [-0.1, -0.05) is 18.6 Å². The van der Waals surface area contributed by atoms with Crippen molar-refractivity contribution in [2.24, 2.45) is 10.9 Å². The van der Waals surface area contributed by atoms with E-state index in [9.17, 15) is 0 Å². The molecule has 0 spiro atoms. The molecular formula is C18H35IN4. The molecule has 1 aliphatic heterocycles. The van der Waals surface area contributed by atoms with Crippen molar-refractivity contribution < 1.29 is 0 Å². The highest BCUT2D eigenvalue weighted by molar-refractivity contribution is 14.0. The van der Waals surface area contributed by atoms with Crippen LogP contribution in [-0.4, -0.2) is 50.6 Å². The van der Waals surface area contributed by atoms with Crippen LogP contribution in [0.5, 0.6) is 0 Å². The lowest BCUT2D eigenvalue weighted by Crippen LogP contribution is -2.41. The summed E-state index contributed by atoms with van der Waals surface area (Å²) in [6.07, 6.45) is 11.6. The molecule has 4 nitrogen and oxygen atoms in total. The fraction of sp³-hybridized carbons (Fsp3) is 0.833. The average Bonchev–Trinajstić information content (AvgIpc) is 3.04. The van der Waals surface area contributed by atoms with Crippen LogP contribution in [0.1, 0.15) is 51.9 Å². The van der Waals surface area contributed by atoms with Crippen molar-refractivity contribution in [1.82, 2.24) is 15.5 Å². The van der Waals surface area contributed by atoms with Crippen LogP contribution >= 0.6 is 24.0 Å². The fourth-order valence-electron chi connectivity index (χ4n) is 3.44. The molecule has 0 radical (unpaired) electrons. The van der Waals surface area contributed by atoms with E-state index in [1.807, 2.05) is 7.05 Å². The average molecular weight is 434 g/mol. The maximum Gasteiger partial charge on any atom is 0.190 e. The number of guanidine groups is 1. The van der Waals surface area contributed by atoms with Crippen LogP contribution in [0.3, 0.4) is 0 Å². The molecule has 0 aromatic carbocycles. The normalized spacial score (nSPS) is 20.6. The molecule has 1 aliphatic carbocycles. The minimum atomic E-state index is 0. The Bertz CT molecular complexity index is 375. The van der Waals surface area contributed by atoms with E-state index in [1.54, 1.807) is 5.57 Å². The van der Waals surface area contributed by atoms with Crippen molar-refractivity contribution in [3.8, 4) is 0 Å². The highest BCUT2D eigenvalue weighted by Crippen LogP contribution is 2.19. The first-order valence-electron chi connectivity index (χ1n) is 9.12. The van der Waals surface area contributed by atoms with Gasteiger partial charge in [-0.05, 0) is 64.0 Å². The van der Waals surface area contributed by atoms with Gasteiger partial charge in [-0.25, -0.2) is 0 Å². The zero-order valence-corrected chi connectivity index (χ0v) is 17.3. The Morgan fingerprint density at radius 1 is 1.22 bits per heavy atom. The SMILES string of the molecule is CN=C(NCCC1=CCCCC1)NCC(C)CN1CCCC1.I. The van der Waals surface area contributed by atoms with Gasteiger partial charge in [-0.3, -0.25) is 4.99 Å². The summed E-state index contributed by atoms with van der Waals surface area (Å²) in [5, 5.41) is 6.92. The van der Waals surface area contributed by atoms with Gasteiger partial charge in [0.1, 0.15) is 0 Å². The van der Waals surface area contributed by atoms with E-state index in [0.717, 1.165) is 25.5 Å². The molecule has 2 N–H and O–H groups in total. The second kappa shape index (κ2) is 12.1. The van der Waals surface area contributed by atoms with E-state index < -0.39 is 0 Å². The summed E-state index contributed by atoms with van der Waals surface area (Å²) in [5.74, 6) is 1.61. The van der Waals surface area contributed by atoms with Crippen LogP contribution in [-0.2, 0) is 0 Å². The van der Waals surface area contributed by atoms with Gasteiger partial charge < -0.3 is 15.5 Å². The predicted molar refractivity (Wildman–Crippen MR) is 111 cm³/mol. The van der Waals surface area contributed by atoms with Crippen LogP contribution in [0.15, 0.2) is 16.6 Å². The van der Waals surface area contributed by atoms with Crippen LogP contribution in [0.2, 0.25) is 0 Å². The molecule has 134 valence electrons. The van der Waals surface area contributed by atoms with E-state index in [-0.39, 0.29) is 24.0 Å². The van der Waals surface area contributed by atoms with Crippen LogP contribution in [0.25, 0.3) is 0 Å². The highest BCUT2D eigenvalue weighted by Gasteiger charge is 2.14. The summed E-state index contributed by atoms with van der Waals surface area (Å²) in [5.41, 5.74) is 1.62. The third-order valence-electron chi connectivity index (χ3n) is 4.73. The minimum Gasteiger partial charge on any atom is -0.356 e. The summed E-state index contributed by atoms with van der Waals surface area (Å²) in [7, 11) is 1.86. The molecule has 1 unspecified atom stereocenters. The van der Waals surface area contributed by atoms with E-state index in [1.165, 1.54) is 58.2 Å². The first-order chi connectivity index (χ1) is 10.8. The molecule has 1 saturated heterocycles. The third-order valence-corrected chi connectivity index (χ3v) is 4.73. The van der Waals surface area contributed by atoms with Crippen molar-refractivity contribution in [3.05, 3.63) is 11.6 Å². The Kier molecular flexibility index (Phi) is 10.9. The van der Waals surface area contributed by atoms with Crippen LogP contribution < -0.4 is 10.6 Å². The standard InChI is InChI=1S/C18H34N4.HI/c1-16(15-22-12-6-7-13-22)14-21-18(19-2)20-11-10-17-8-4-3-5-9-17;/h8,16H,3-7,9-15H2,1-2H3,(H2,19,20,21);1H. The van der Waals surface area contributed by atoms with Gasteiger partial charge in [0.2, 0.25) is 0 Å². The lowest BCUT2D eigenvalue weighted by Gasteiger charge is -2.21. The molecule has 0 bridgehead atoms. The molecule has 2 rings (SSSR count). The number of allylic oxidation sites excluding steroid dienone is 1. The summed E-state index contributed by atoms with van der Waals surface area (Å²) in [6.45, 7) is 8.09. The van der Waals surface area contributed by atoms with Gasteiger partial charge in [0, 0.05) is 26.7 Å². The van der Waals surface area contributed by atoms with Gasteiger partial charge in [-0.15, -0.1) is 24.0 Å². The Labute approximate surface area is 159 Å². The Morgan fingerprint density at radius 2 is 2.00 bits per heavy atom. The number of nitrogens with zero attached hydrogens (tertiary/aromatic N) is 2. The van der Waals surface area contributed by atoms with Crippen molar-refractivity contribution in [1.29, 1.82) is 0 Å². The molecule has 2 aliphatic rings.